The van der Waals surface area contributed by atoms with Crippen molar-refractivity contribution in [2.45, 2.75) is 31.1 Å². The van der Waals surface area contributed by atoms with Crippen molar-refractivity contribution in [2.24, 2.45) is 0 Å². The Kier molecular flexibility index (Phi) is 12.1. The Morgan fingerprint density at radius 1 is 1.14 bits per heavy atom. The summed E-state index contributed by atoms with van der Waals surface area (Å²) in [6.45, 7) is 4.43. The van der Waals surface area contributed by atoms with E-state index < -0.39 is 0 Å². The fourth-order valence-electron chi connectivity index (χ4n) is 1.12. The zero-order valence-corrected chi connectivity index (χ0v) is 9.16. The molecule has 0 nitrogen and oxygen atoms in total. The Hall–Kier alpha value is -0.640. The summed E-state index contributed by atoms with van der Waals surface area (Å²) in [5, 5.41) is 0. The second kappa shape index (κ2) is 8.94. The maximum absolute atomic E-state index is 4.39. The molecule has 4 heteroatoms. The second-order valence-electron chi connectivity index (χ2n) is 2.87. The van der Waals surface area contributed by atoms with Crippen LogP contribution in [0.1, 0.15) is 31.7 Å². The highest BCUT2D eigenvalue weighted by molar-refractivity contribution is 7.80. The van der Waals surface area contributed by atoms with Crippen LogP contribution in [0.5, 0.6) is 0 Å². The first kappa shape index (κ1) is 19.0. The van der Waals surface area contributed by atoms with Crippen LogP contribution in [0.2, 0.25) is 0 Å². The Balaban J connectivity index is -0.000000403. The molecule has 0 heterocycles. The summed E-state index contributed by atoms with van der Waals surface area (Å²) in [7, 11) is 0. The SMILES string of the molecule is CCC(C)c1ccccc1S.F.F.F. The molecule has 0 amide bonds. The van der Waals surface area contributed by atoms with Gasteiger partial charge in [-0.25, -0.2) is 0 Å². The molecule has 0 bridgehead atoms. The predicted octanol–water partition coefficient (Wildman–Crippen LogP) is 3.95. The van der Waals surface area contributed by atoms with Crippen molar-refractivity contribution >= 4 is 12.6 Å². The first-order valence-corrected chi connectivity index (χ1v) is 4.48. The Labute approximate surface area is 88.2 Å². The van der Waals surface area contributed by atoms with Crippen molar-refractivity contribution in [1.29, 1.82) is 0 Å². The van der Waals surface area contributed by atoms with Crippen LogP contribution in [0.25, 0.3) is 0 Å². The molecule has 0 saturated carbocycles. The lowest BCUT2D eigenvalue weighted by Gasteiger charge is -2.10. The van der Waals surface area contributed by atoms with Crippen LogP contribution in [0.4, 0.5) is 14.1 Å². The van der Waals surface area contributed by atoms with Gasteiger partial charge in [-0.3, -0.25) is 14.1 Å². The van der Waals surface area contributed by atoms with E-state index >= 15 is 0 Å². The summed E-state index contributed by atoms with van der Waals surface area (Å²) < 4.78 is 0. The molecular formula is C10H17F3S. The van der Waals surface area contributed by atoms with Crippen LogP contribution in [0.3, 0.4) is 0 Å². The molecule has 0 aliphatic carbocycles. The summed E-state index contributed by atoms with van der Waals surface area (Å²) in [5.74, 6) is 0.628. The highest BCUT2D eigenvalue weighted by Gasteiger charge is 2.04. The van der Waals surface area contributed by atoms with Gasteiger partial charge in [0.15, 0.2) is 0 Å². The number of hydrogen-bond donors (Lipinski definition) is 1. The van der Waals surface area contributed by atoms with Crippen LogP contribution in [-0.2, 0) is 0 Å². The second-order valence-corrected chi connectivity index (χ2v) is 3.35. The van der Waals surface area contributed by atoms with E-state index in [-0.39, 0.29) is 14.1 Å². The first-order valence-electron chi connectivity index (χ1n) is 4.03. The molecule has 1 aromatic rings. The molecule has 0 aromatic heterocycles. The molecule has 1 rings (SSSR count). The van der Waals surface area contributed by atoms with E-state index in [2.05, 4.69) is 38.6 Å². The van der Waals surface area contributed by atoms with Gasteiger partial charge >= 0.3 is 0 Å². The summed E-state index contributed by atoms with van der Waals surface area (Å²) >= 11 is 4.39. The summed E-state index contributed by atoms with van der Waals surface area (Å²) in [4.78, 5) is 1.11. The highest BCUT2D eigenvalue weighted by Crippen LogP contribution is 2.24. The standard InChI is InChI=1S/C10H14S.3FH/c1-3-8(2)9-6-4-5-7-10(9)11;;;/h4-8,11H,3H2,1-2H3;3*1H. The number of benzene rings is 1. The largest absolute Gasteiger partial charge is 0.269 e. The molecule has 84 valence electrons. The topological polar surface area (TPSA) is 0 Å². The molecule has 0 radical (unpaired) electrons. The van der Waals surface area contributed by atoms with Crippen LogP contribution in [0.15, 0.2) is 29.2 Å². The van der Waals surface area contributed by atoms with Crippen molar-refractivity contribution in [3.05, 3.63) is 29.8 Å². The molecule has 0 spiro atoms. The number of rotatable bonds is 2. The first-order chi connectivity index (χ1) is 5.25. The summed E-state index contributed by atoms with van der Waals surface area (Å²) in [6.07, 6.45) is 1.18. The van der Waals surface area contributed by atoms with E-state index in [4.69, 9.17) is 0 Å². The lowest BCUT2D eigenvalue weighted by Crippen LogP contribution is -1.91. The molecule has 1 aromatic carbocycles. The van der Waals surface area contributed by atoms with Gasteiger partial charge in [0.1, 0.15) is 0 Å². The average molecular weight is 226 g/mol. The number of thiol groups is 1. The number of halogens is 3. The van der Waals surface area contributed by atoms with Crippen molar-refractivity contribution in [2.75, 3.05) is 0 Å². The predicted molar refractivity (Wildman–Crippen MR) is 59.9 cm³/mol. The molecular weight excluding hydrogens is 209 g/mol. The van der Waals surface area contributed by atoms with Crippen LogP contribution >= 0.6 is 12.6 Å². The van der Waals surface area contributed by atoms with E-state index in [9.17, 15) is 0 Å². The Bertz CT molecular complexity index is 241. The lowest BCUT2D eigenvalue weighted by atomic mass is 9.99. The van der Waals surface area contributed by atoms with E-state index in [0.717, 1.165) is 4.90 Å². The van der Waals surface area contributed by atoms with Crippen molar-refractivity contribution in [3.8, 4) is 0 Å². The smallest absolute Gasteiger partial charge is 0.00747 e. The van der Waals surface area contributed by atoms with Gasteiger partial charge in [-0.05, 0) is 24.0 Å². The third-order valence-corrected chi connectivity index (χ3v) is 2.49. The number of hydrogen-bond acceptors (Lipinski definition) is 1. The molecule has 0 fully saturated rings. The fourth-order valence-corrected chi connectivity index (χ4v) is 1.51. The van der Waals surface area contributed by atoms with Crippen LogP contribution in [-0.4, -0.2) is 0 Å². The maximum Gasteiger partial charge on any atom is 0.00747 e. The van der Waals surface area contributed by atoms with Crippen molar-refractivity contribution in [3.63, 3.8) is 0 Å². The molecule has 14 heavy (non-hydrogen) atoms. The van der Waals surface area contributed by atoms with Gasteiger partial charge in [0.25, 0.3) is 0 Å². The van der Waals surface area contributed by atoms with Gasteiger partial charge in [-0.1, -0.05) is 32.0 Å². The molecule has 0 saturated heterocycles. The van der Waals surface area contributed by atoms with Gasteiger partial charge in [0, 0.05) is 4.90 Å². The minimum Gasteiger partial charge on any atom is -0.269 e. The third kappa shape index (κ3) is 4.56. The van der Waals surface area contributed by atoms with Gasteiger partial charge in [0.2, 0.25) is 0 Å². The molecule has 0 N–H and O–H groups in total. The van der Waals surface area contributed by atoms with Crippen molar-refractivity contribution < 1.29 is 14.1 Å². The monoisotopic (exact) mass is 226 g/mol. The minimum absolute atomic E-state index is 0. The Morgan fingerprint density at radius 2 is 1.64 bits per heavy atom. The van der Waals surface area contributed by atoms with Gasteiger partial charge in [-0.15, -0.1) is 12.6 Å². The third-order valence-electron chi connectivity index (χ3n) is 2.08. The van der Waals surface area contributed by atoms with Gasteiger partial charge in [0.05, 0.1) is 0 Å². The zero-order chi connectivity index (χ0) is 8.27. The van der Waals surface area contributed by atoms with E-state index in [1.807, 2.05) is 12.1 Å². The maximum atomic E-state index is 4.39. The lowest BCUT2D eigenvalue weighted by molar-refractivity contribution is 0.720. The quantitative estimate of drug-likeness (QED) is 0.725. The Morgan fingerprint density at radius 3 is 2.07 bits per heavy atom. The average Bonchev–Trinajstić information content (AvgIpc) is 2.04. The van der Waals surface area contributed by atoms with E-state index in [1.165, 1.54) is 12.0 Å². The van der Waals surface area contributed by atoms with E-state index in [0.29, 0.717) is 5.92 Å². The van der Waals surface area contributed by atoms with Crippen LogP contribution < -0.4 is 0 Å². The van der Waals surface area contributed by atoms with Gasteiger partial charge < -0.3 is 0 Å². The highest BCUT2D eigenvalue weighted by atomic mass is 32.1. The van der Waals surface area contributed by atoms with Crippen LogP contribution in [0, 0.1) is 0 Å². The molecule has 0 aliphatic rings. The summed E-state index contributed by atoms with van der Waals surface area (Å²) in [6, 6.07) is 8.29. The van der Waals surface area contributed by atoms with E-state index in [1.54, 1.807) is 0 Å². The van der Waals surface area contributed by atoms with Gasteiger partial charge in [-0.2, -0.15) is 0 Å². The zero-order valence-electron chi connectivity index (χ0n) is 8.27. The molecule has 1 atom stereocenters. The summed E-state index contributed by atoms with van der Waals surface area (Å²) in [5.41, 5.74) is 1.36. The minimum atomic E-state index is 0. The normalized spacial score (nSPS) is 10.2. The van der Waals surface area contributed by atoms with Crippen molar-refractivity contribution in [1.82, 2.24) is 0 Å². The molecule has 0 aliphatic heterocycles. The molecule has 1 unspecified atom stereocenters. The fraction of sp³-hybridized carbons (Fsp3) is 0.400.